The van der Waals surface area contributed by atoms with E-state index >= 15 is 0 Å². The fourth-order valence-corrected chi connectivity index (χ4v) is 3.00. The molecule has 1 aliphatic rings. The summed E-state index contributed by atoms with van der Waals surface area (Å²) in [4.78, 5) is 4.74. The Morgan fingerprint density at radius 1 is 0.857 bits per heavy atom. The van der Waals surface area contributed by atoms with Crippen LogP contribution in [0.5, 0.6) is 5.88 Å². The normalized spacial score (nSPS) is 11.9. The van der Waals surface area contributed by atoms with Gasteiger partial charge in [0.1, 0.15) is 0 Å². The molecule has 1 heterocycles. The molecule has 21 heavy (non-hydrogen) atoms. The van der Waals surface area contributed by atoms with Gasteiger partial charge in [-0.25, -0.2) is 4.98 Å². The zero-order valence-corrected chi connectivity index (χ0v) is 11.8. The van der Waals surface area contributed by atoms with Crippen molar-refractivity contribution in [3.05, 3.63) is 71.9 Å². The van der Waals surface area contributed by atoms with Gasteiger partial charge in [-0.2, -0.15) is 0 Å². The van der Waals surface area contributed by atoms with E-state index in [0.29, 0.717) is 5.88 Å². The van der Waals surface area contributed by atoms with Gasteiger partial charge in [-0.15, -0.1) is 0 Å². The van der Waals surface area contributed by atoms with Gasteiger partial charge in [-0.05, 0) is 22.8 Å². The van der Waals surface area contributed by atoms with Crippen molar-refractivity contribution in [2.75, 3.05) is 7.11 Å². The minimum atomic E-state index is 0.702. The summed E-state index contributed by atoms with van der Waals surface area (Å²) in [7, 11) is 1.68. The van der Waals surface area contributed by atoms with Crippen molar-refractivity contribution in [1.82, 2.24) is 4.98 Å². The predicted octanol–water partition coefficient (Wildman–Crippen LogP) is 4.33. The molecule has 0 atom stereocenters. The van der Waals surface area contributed by atoms with Crippen molar-refractivity contribution in [2.45, 2.75) is 6.42 Å². The number of fused-ring (bicyclic) bond motifs is 3. The van der Waals surface area contributed by atoms with Gasteiger partial charge in [0.05, 0.1) is 12.8 Å². The van der Waals surface area contributed by atoms with Gasteiger partial charge in [0.25, 0.3) is 0 Å². The third-order valence-electron chi connectivity index (χ3n) is 4.01. The number of rotatable bonds is 2. The van der Waals surface area contributed by atoms with Crippen LogP contribution in [0.2, 0.25) is 0 Å². The van der Waals surface area contributed by atoms with Crippen molar-refractivity contribution in [3.8, 4) is 28.1 Å². The number of methoxy groups -OCH3 is 1. The van der Waals surface area contributed by atoms with Crippen LogP contribution in [0.25, 0.3) is 22.3 Å². The number of benzene rings is 2. The van der Waals surface area contributed by atoms with E-state index in [1.165, 1.54) is 16.7 Å². The highest BCUT2D eigenvalue weighted by Crippen LogP contribution is 2.40. The Kier molecular flexibility index (Phi) is 2.74. The highest BCUT2D eigenvalue weighted by molar-refractivity contribution is 5.82. The van der Waals surface area contributed by atoms with Crippen molar-refractivity contribution in [1.29, 1.82) is 0 Å². The second kappa shape index (κ2) is 4.74. The molecule has 3 aromatic rings. The Bertz CT molecular complexity index is 809. The summed E-state index contributed by atoms with van der Waals surface area (Å²) in [5.74, 6) is 0.702. The van der Waals surface area contributed by atoms with Gasteiger partial charge in [-0.1, -0.05) is 54.6 Å². The molecular weight excluding hydrogens is 258 g/mol. The summed E-state index contributed by atoms with van der Waals surface area (Å²) in [6.07, 6.45) is 0.886. The first kappa shape index (κ1) is 12.2. The quantitative estimate of drug-likeness (QED) is 0.542. The molecule has 4 rings (SSSR count). The summed E-state index contributed by atoms with van der Waals surface area (Å²) in [5, 5.41) is 0. The van der Waals surface area contributed by atoms with Gasteiger partial charge in [-0.3, -0.25) is 0 Å². The van der Waals surface area contributed by atoms with Gasteiger partial charge in [0.2, 0.25) is 5.88 Å². The highest BCUT2D eigenvalue weighted by atomic mass is 16.5. The van der Waals surface area contributed by atoms with E-state index in [0.717, 1.165) is 23.2 Å². The smallest absolute Gasteiger partial charge is 0.221 e. The van der Waals surface area contributed by atoms with Crippen molar-refractivity contribution in [2.24, 2.45) is 0 Å². The Labute approximate surface area is 124 Å². The van der Waals surface area contributed by atoms with Crippen molar-refractivity contribution < 1.29 is 4.74 Å². The van der Waals surface area contributed by atoms with E-state index < -0.39 is 0 Å². The number of hydrogen-bond acceptors (Lipinski definition) is 2. The summed E-state index contributed by atoms with van der Waals surface area (Å²) in [5.41, 5.74) is 7.15. The molecule has 0 saturated heterocycles. The van der Waals surface area contributed by atoms with Crippen LogP contribution in [0, 0.1) is 0 Å². The first-order valence-corrected chi connectivity index (χ1v) is 7.08. The maximum absolute atomic E-state index is 5.51. The third-order valence-corrected chi connectivity index (χ3v) is 4.01. The molecule has 2 nitrogen and oxygen atoms in total. The van der Waals surface area contributed by atoms with E-state index in [-0.39, 0.29) is 0 Å². The summed E-state index contributed by atoms with van der Waals surface area (Å²) >= 11 is 0. The Morgan fingerprint density at radius 2 is 1.62 bits per heavy atom. The summed E-state index contributed by atoms with van der Waals surface area (Å²) in [6, 6.07) is 21.0. The van der Waals surface area contributed by atoms with Crippen LogP contribution in [-0.4, -0.2) is 12.1 Å². The van der Waals surface area contributed by atoms with E-state index in [2.05, 4.69) is 42.5 Å². The Morgan fingerprint density at radius 3 is 2.43 bits per heavy atom. The number of hydrogen-bond donors (Lipinski definition) is 0. The van der Waals surface area contributed by atoms with Crippen LogP contribution >= 0.6 is 0 Å². The largest absolute Gasteiger partial charge is 0.481 e. The van der Waals surface area contributed by atoms with Crippen LogP contribution in [0.3, 0.4) is 0 Å². The second-order valence-corrected chi connectivity index (χ2v) is 5.24. The molecule has 1 aromatic heterocycles. The maximum Gasteiger partial charge on any atom is 0.221 e. The lowest BCUT2D eigenvalue weighted by molar-refractivity contribution is 0.398. The highest BCUT2D eigenvalue weighted by Gasteiger charge is 2.22. The first-order chi connectivity index (χ1) is 10.4. The van der Waals surface area contributed by atoms with Gasteiger partial charge in [0, 0.05) is 17.5 Å². The molecule has 2 heteroatoms. The Balaban J connectivity index is 1.95. The molecule has 0 spiro atoms. The molecule has 0 amide bonds. The van der Waals surface area contributed by atoms with E-state index in [1.54, 1.807) is 7.11 Å². The fraction of sp³-hybridized carbons (Fsp3) is 0.105. The summed E-state index contributed by atoms with van der Waals surface area (Å²) in [6.45, 7) is 0. The van der Waals surface area contributed by atoms with E-state index in [4.69, 9.17) is 9.72 Å². The second-order valence-electron chi connectivity index (χ2n) is 5.24. The van der Waals surface area contributed by atoms with Gasteiger partial charge < -0.3 is 4.74 Å². The van der Waals surface area contributed by atoms with Crippen LogP contribution in [0.4, 0.5) is 0 Å². The zero-order valence-electron chi connectivity index (χ0n) is 11.8. The molecular formula is C19H15NO. The topological polar surface area (TPSA) is 22.1 Å². The van der Waals surface area contributed by atoms with Crippen LogP contribution in [-0.2, 0) is 6.42 Å². The van der Waals surface area contributed by atoms with Crippen LogP contribution < -0.4 is 4.74 Å². The lowest BCUT2D eigenvalue weighted by Crippen LogP contribution is -1.96. The average Bonchev–Trinajstić information content (AvgIpc) is 2.92. The fourth-order valence-electron chi connectivity index (χ4n) is 3.00. The molecule has 0 radical (unpaired) electrons. The number of pyridine rings is 1. The minimum Gasteiger partial charge on any atom is -0.481 e. The molecule has 0 aliphatic heterocycles. The van der Waals surface area contributed by atoms with Gasteiger partial charge >= 0.3 is 0 Å². The monoisotopic (exact) mass is 273 g/mol. The van der Waals surface area contributed by atoms with Crippen molar-refractivity contribution >= 4 is 0 Å². The van der Waals surface area contributed by atoms with Crippen LogP contribution in [0.15, 0.2) is 60.7 Å². The van der Waals surface area contributed by atoms with E-state index in [9.17, 15) is 0 Å². The number of nitrogens with zero attached hydrogens (tertiary/aromatic N) is 1. The lowest BCUT2D eigenvalue weighted by atomic mass is 10.0. The Hall–Kier alpha value is -2.61. The molecule has 0 saturated carbocycles. The third kappa shape index (κ3) is 1.91. The van der Waals surface area contributed by atoms with Gasteiger partial charge in [0.15, 0.2) is 0 Å². The SMILES string of the molecule is COc1nc2c(cc1-c1ccccc1)-c1ccccc1C2. The average molecular weight is 273 g/mol. The summed E-state index contributed by atoms with van der Waals surface area (Å²) < 4.78 is 5.51. The molecule has 102 valence electrons. The molecule has 0 fully saturated rings. The maximum atomic E-state index is 5.51. The molecule has 0 N–H and O–H groups in total. The standard InChI is InChI=1S/C19H15NO/c1-21-19-16(13-7-3-2-4-8-13)12-17-15-10-6-5-9-14(15)11-18(17)20-19/h2-10,12H,11H2,1H3. The molecule has 1 aliphatic carbocycles. The molecule has 0 bridgehead atoms. The minimum absolute atomic E-state index is 0.702. The molecule has 0 unspecified atom stereocenters. The number of aromatic nitrogens is 1. The van der Waals surface area contributed by atoms with Crippen LogP contribution in [0.1, 0.15) is 11.3 Å². The lowest BCUT2D eigenvalue weighted by Gasteiger charge is -2.11. The number of ether oxygens (including phenoxy) is 1. The predicted molar refractivity (Wildman–Crippen MR) is 84.5 cm³/mol. The molecule has 2 aromatic carbocycles. The first-order valence-electron chi connectivity index (χ1n) is 7.08. The van der Waals surface area contributed by atoms with E-state index in [1.807, 2.05) is 18.2 Å². The zero-order chi connectivity index (χ0) is 14.2. The van der Waals surface area contributed by atoms with Crippen molar-refractivity contribution in [3.63, 3.8) is 0 Å².